The Morgan fingerprint density at radius 1 is 1.48 bits per heavy atom. The van der Waals surface area contributed by atoms with Gasteiger partial charge < -0.3 is 15.2 Å². The summed E-state index contributed by atoms with van der Waals surface area (Å²) in [7, 11) is 0. The minimum absolute atomic E-state index is 0.0390. The fourth-order valence-corrected chi connectivity index (χ4v) is 2.42. The van der Waals surface area contributed by atoms with E-state index in [1.54, 1.807) is 0 Å². The molecule has 0 saturated carbocycles. The summed E-state index contributed by atoms with van der Waals surface area (Å²) in [5.41, 5.74) is 1.24. The molecule has 1 heterocycles. The van der Waals surface area contributed by atoms with Gasteiger partial charge in [0.25, 0.3) is 5.91 Å². The van der Waals surface area contributed by atoms with Crippen LogP contribution in [0.5, 0.6) is 0 Å². The number of hydrogen-bond acceptors (Lipinski definition) is 4. The number of hydrogen-bond donors (Lipinski definition) is 2. The number of amides is 1. The summed E-state index contributed by atoms with van der Waals surface area (Å²) in [4.78, 5) is 14.4. The van der Waals surface area contributed by atoms with Crippen molar-refractivity contribution in [2.45, 2.75) is 32.0 Å². The van der Waals surface area contributed by atoms with E-state index < -0.39 is 6.10 Å². The van der Waals surface area contributed by atoms with E-state index in [0.29, 0.717) is 19.6 Å². The highest BCUT2D eigenvalue weighted by molar-refractivity contribution is 5.81. The fourth-order valence-electron chi connectivity index (χ4n) is 2.42. The van der Waals surface area contributed by atoms with Crippen LogP contribution in [0.1, 0.15) is 18.9 Å². The molecule has 0 radical (unpaired) electrons. The molecule has 1 aliphatic heterocycles. The Hall–Kier alpha value is -1.43. The lowest BCUT2D eigenvalue weighted by molar-refractivity contribution is -0.139. The zero-order valence-corrected chi connectivity index (χ0v) is 12.5. The minimum atomic E-state index is -0.455. The maximum Gasteiger partial charge on any atom is 0.250 e. The third kappa shape index (κ3) is 4.81. The number of ether oxygens (including phenoxy) is 1. The predicted octanol–water partition coefficient (Wildman–Crippen LogP) is 0.774. The molecule has 21 heavy (non-hydrogen) atoms. The van der Waals surface area contributed by atoms with E-state index in [0.717, 1.165) is 13.1 Å². The molecule has 5 heteroatoms. The number of rotatable bonds is 6. The molecule has 1 aromatic carbocycles. The molecular weight excluding hydrogens is 268 g/mol. The monoisotopic (exact) mass is 292 g/mol. The molecule has 0 aliphatic carbocycles. The van der Waals surface area contributed by atoms with Gasteiger partial charge in [0, 0.05) is 19.6 Å². The van der Waals surface area contributed by atoms with Crippen molar-refractivity contribution in [2.75, 3.05) is 26.3 Å². The number of aliphatic hydroxyl groups excluding tert-OH is 1. The molecule has 0 aromatic heterocycles. The number of benzene rings is 1. The Labute approximate surface area is 125 Å². The highest BCUT2D eigenvalue weighted by Gasteiger charge is 2.27. The molecule has 1 saturated heterocycles. The van der Waals surface area contributed by atoms with Crippen LogP contribution < -0.4 is 5.32 Å². The van der Waals surface area contributed by atoms with Crippen molar-refractivity contribution >= 4 is 5.91 Å². The molecule has 116 valence electrons. The topological polar surface area (TPSA) is 61.8 Å². The van der Waals surface area contributed by atoms with E-state index in [4.69, 9.17) is 9.84 Å². The summed E-state index contributed by atoms with van der Waals surface area (Å²) < 4.78 is 5.56. The van der Waals surface area contributed by atoms with Crippen molar-refractivity contribution in [3.05, 3.63) is 35.9 Å². The quantitative estimate of drug-likeness (QED) is 0.813. The Balaban J connectivity index is 1.87. The van der Waals surface area contributed by atoms with Crippen molar-refractivity contribution in [2.24, 2.45) is 0 Å². The van der Waals surface area contributed by atoms with Gasteiger partial charge in [0.2, 0.25) is 0 Å². The summed E-state index contributed by atoms with van der Waals surface area (Å²) in [5.74, 6) is -0.131. The van der Waals surface area contributed by atoms with Gasteiger partial charge in [-0.25, -0.2) is 0 Å². The van der Waals surface area contributed by atoms with Crippen molar-refractivity contribution in [3.63, 3.8) is 0 Å². The molecule has 1 amide bonds. The third-order valence-electron chi connectivity index (χ3n) is 3.75. The molecule has 0 bridgehead atoms. The summed E-state index contributed by atoms with van der Waals surface area (Å²) in [6.45, 7) is 4.69. The zero-order chi connectivity index (χ0) is 15.1. The molecule has 2 rings (SSSR count). The van der Waals surface area contributed by atoms with Crippen LogP contribution in [0.4, 0.5) is 0 Å². The Morgan fingerprint density at radius 3 is 2.90 bits per heavy atom. The lowest BCUT2D eigenvalue weighted by atomic mass is 10.1. The Bertz CT molecular complexity index is 434. The normalized spacial score (nSPS) is 21.0. The molecule has 1 aliphatic rings. The van der Waals surface area contributed by atoms with Crippen LogP contribution in [0, 0.1) is 0 Å². The first-order chi connectivity index (χ1) is 10.2. The van der Waals surface area contributed by atoms with Gasteiger partial charge in [-0.3, -0.25) is 9.69 Å². The van der Waals surface area contributed by atoms with E-state index in [2.05, 4.69) is 22.3 Å². The molecule has 0 spiro atoms. The zero-order valence-electron chi connectivity index (χ0n) is 12.5. The van der Waals surface area contributed by atoms with Gasteiger partial charge in [0.1, 0.15) is 6.10 Å². The summed E-state index contributed by atoms with van der Waals surface area (Å²) in [6, 6.07) is 10.0. The molecule has 1 fully saturated rings. The number of nitrogens with one attached hydrogen (secondary N) is 1. The van der Waals surface area contributed by atoms with Crippen LogP contribution >= 0.6 is 0 Å². The fraction of sp³-hybridized carbons (Fsp3) is 0.562. The first kappa shape index (κ1) is 15.9. The smallest absolute Gasteiger partial charge is 0.250 e. The maximum atomic E-state index is 12.2. The van der Waals surface area contributed by atoms with E-state index in [9.17, 15) is 4.79 Å². The first-order valence-electron chi connectivity index (χ1n) is 7.52. The van der Waals surface area contributed by atoms with Crippen molar-refractivity contribution in [1.29, 1.82) is 0 Å². The first-order valence-corrected chi connectivity index (χ1v) is 7.52. The van der Waals surface area contributed by atoms with Gasteiger partial charge in [0.05, 0.1) is 19.3 Å². The largest absolute Gasteiger partial charge is 0.394 e. The van der Waals surface area contributed by atoms with E-state index in [1.165, 1.54) is 5.56 Å². The molecule has 2 atom stereocenters. The summed E-state index contributed by atoms with van der Waals surface area (Å²) >= 11 is 0. The van der Waals surface area contributed by atoms with Gasteiger partial charge in [-0.1, -0.05) is 37.3 Å². The van der Waals surface area contributed by atoms with E-state index in [-0.39, 0.29) is 18.6 Å². The highest BCUT2D eigenvalue weighted by atomic mass is 16.5. The molecule has 2 N–H and O–H groups in total. The van der Waals surface area contributed by atoms with Crippen molar-refractivity contribution in [1.82, 2.24) is 10.2 Å². The standard InChI is InChI=1S/C16H24N2O3/c1-2-14(12-19)17-16(20)15-11-18(8-9-21-15)10-13-6-4-3-5-7-13/h3-7,14-15,19H,2,8-12H2,1H3,(H,17,20). The maximum absolute atomic E-state index is 12.2. The second-order valence-corrected chi connectivity index (χ2v) is 5.38. The molecule has 5 nitrogen and oxygen atoms in total. The van der Waals surface area contributed by atoms with E-state index in [1.807, 2.05) is 25.1 Å². The average molecular weight is 292 g/mol. The Morgan fingerprint density at radius 2 is 2.24 bits per heavy atom. The van der Waals surface area contributed by atoms with Gasteiger partial charge in [-0.05, 0) is 12.0 Å². The number of aliphatic hydroxyl groups is 1. The third-order valence-corrected chi connectivity index (χ3v) is 3.75. The lowest BCUT2D eigenvalue weighted by Gasteiger charge is -2.32. The van der Waals surface area contributed by atoms with Crippen LogP contribution in [0.15, 0.2) is 30.3 Å². The van der Waals surface area contributed by atoms with Crippen LogP contribution in [0.3, 0.4) is 0 Å². The van der Waals surface area contributed by atoms with Crippen LogP contribution in [0.2, 0.25) is 0 Å². The predicted molar refractivity (Wildman–Crippen MR) is 80.8 cm³/mol. The average Bonchev–Trinajstić information content (AvgIpc) is 2.53. The molecule has 1 aromatic rings. The summed E-state index contributed by atoms with van der Waals surface area (Å²) in [6.07, 6.45) is 0.256. The SMILES string of the molecule is CCC(CO)NC(=O)C1CN(Cc2ccccc2)CCO1. The second-order valence-electron chi connectivity index (χ2n) is 5.38. The van der Waals surface area contributed by atoms with Gasteiger partial charge in [-0.2, -0.15) is 0 Å². The van der Waals surface area contributed by atoms with Crippen molar-refractivity contribution < 1.29 is 14.6 Å². The van der Waals surface area contributed by atoms with Crippen molar-refractivity contribution in [3.8, 4) is 0 Å². The van der Waals surface area contributed by atoms with Crippen LogP contribution in [-0.4, -0.2) is 54.4 Å². The van der Waals surface area contributed by atoms with Gasteiger partial charge in [0.15, 0.2) is 0 Å². The van der Waals surface area contributed by atoms with Crippen LogP contribution in [0.25, 0.3) is 0 Å². The Kier molecular flexibility index (Phi) is 6.17. The van der Waals surface area contributed by atoms with E-state index >= 15 is 0 Å². The molecular formula is C16H24N2O3. The number of carbonyl (C=O) groups excluding carboxylic acids is 1. The number of morpholine rings is 1. The molecule has 2 unspecified atom stereocenters. The van der Waals surface area contributed by atoms with Gasteiger partial charge in [-0.15, -0.1) is 0 Å². The lowest BCUT2D eigenvalue weighted by Crippen LogP contribution is -2.52. The van der Waals surface area contributed by atoms with Crippen LogP contribution in [-0.2, 0) is 16.1 Å². The number of nitrogens with zero attached hydrogens (tertiary/aromatic N) is 1. The highest BCUT2D eigenvalue weighted by Crippen LogP contribution is 2.11. The van der Waals surface area contributed by atoms with Gasteiger partial charge >= 0.3 is 0 Å². The number of carbonyl (C=O) groups is 1. The minimum Gasteiger partial charge on any atom is -0.394 e. The second kappa shape index (κ2) is 8.12. The summed E-state index contributed by atoms with van der Waals surface area (Å²) in [5, 5.41) is 12.0.